The predicted octanol–water partition coefficient (Wildman–Crippen LogP) is 5.78. The minimum Gasteiger partial charge on any atom is -0.305 e. The van der Waals surface area contributed by atoms with Crippen molar-refractivity contribution >= 4 is 54.8 Å². The number of halogens is 3. The maximum absolute atomic E-state index is 6.02. The second kappa shape index (κ2) is 6.53. The smallest absolute Gasteiger partial charge is 0.107 e. The number of hydrogen-bond acceptors (Lipinski definition) is 2. The Morgan fingerprint density at radius 1 is 1.33 bits per heavy atom. The van der Waals surface area contributed by atoms with Crippen molar-refractivity contribution in [1.29, 1.82) is 0 Å². The molecule has 1 aromatic carbocycles. The van der Waals surface area contributed by atoms with Gasteiger partial charge >= 0.3 is 0 Å². The number of rotatable bonds is 4. The van der Waals surface area contributed by atoms with Gasteiger partial charge in [0.2, 0.25) is 0 Å². The lowest BCUT2D eigenvalue weighted by atomic mass is 10.1. The molecule has 1 unspecified atom stereocenters. The molecule has 2 rings (SSSR count). The van der Waals surface area contributed by atoms with Crippen LogP contribution >= 0.6 is 54.8 Å². The molecule has 1 aromatic heterocycles. The monoisotopic (exact) mass is 407 g/mol. The van der Waals surface area contributed by atoms with Gasteiger partial charge < -0.3 is 5.32 Å². The highest BCUT2D eigenvalue weighted by atomic mass is 79.9. The number of benzene rings is 1. The van der Waals surface area contributed by atoms with Crippen LogP contribution in [-0.2, 0) is 6.54 Å². The van der Waals surface area contributed by atoms with Gasteiger partial charge in [-0.25, -0.2) is 0 Å². The van der Waals surface area contributed by atoms with Gasteiger partial charge in [0, 0.05) is 26.4 Å². The van der Waals surface area contributed by atoms with E-state index in [1.54, 1.807) is 11.3 Å². The van der Waals surface area contributed by atoms with E-state index in [2.05, 4.69) is 68.4 Å². The van der Waals surface area contributed by atoms with Gasteiger partial charge in [0.15, 0.2) is 0 Å². The molecule has 0 aliphatic heterocycles. The lowest BCUT2D eigenvalue weighted by molar-refractivity contribution is 0.578. The number of hydrogen-bond donors (Lipinski definition) is 1. The van der Waals surface area contributed by atoms with E-state index in [0.29, 0.717) is 6.04 Å². The first kappa shape index (κ1) is 14.5. The van der Waals surface area contributed by atoms with Gasteiger partial charge in [-0.15, -0.1) is 11.3 Å². The Morgan fingerprint density at radius 2 is 2.11 bits per heavy atom. The first-order chi connectivity index (χ1) is 8.56. The van der Waals surface area contributed by atoms with Gasteiger partial charge in [0.1, 0.15) is 4.34 Å². The fourth-order valence-corrected chi connectivity index (χ4v) is 3.78. The topological polar surface area (TPSA) is 12.0 Å². The summed E-state index contributed by atoms with van der Waals surface area (Å²) in [7, 11) is 0. The van der Waals surface area contributed by atoms with Gasteiger partial charge in [-0.2, -0.15) is 0 Å². The van der Waals surface area contributed by atoms with Gasteiger partial charge in [-0.3, -0.25) is 0 Å². The third-order valence-corrected chi connectivity index (χ3v) is 5.60. The standard InChI is InChI=1S/C13H12Br2ClNS/c1-8(9-3-2-4-10(14)5-9)17-7-11-6-12(15)13(16)18-11/h2-6,8,17H,7H2,1H3. The van der Waals surface area contributed by atoms with Gasteiger partial charge in [-0.1, -0.05) is 39.7 Å². The fraction of sp³-hybridized carbons (Fsp3) is 0.231. The van der Waals surface area contributed by atoms with Crippen molar-refractivity contribution in [3.05, 3.63) is 54.1 Å². The van der Waals surface area contributed by atoms with Crippen LogP contribution in [-0.4, -0.2) is 0 Å². The largest absolute Gasteiger partial charge is 0.305 e. The van der Waals surface area contributed by atoms with E-state index in [0.717, 1.165) is 19.8 Å². The third-order valence-electron chi connectivity index (χ3n) is 2.63. The van der Waals surface area contributed by atoms with Crippen LogP contribution in [0.5, 0.6) is 0 Å². The predicted molar refractivity (Wildman–Crippen MR) is 86.4 cm³/mol. The Labute approximate surface area is 133 Å². The zero-order valence-electron chi connectivity index (χ0n) is 9.71. The molecule has 2 aromatic rings. The van der Waals surface area contributed by atoms with Crippen LogP contribution in [0.3, 0.4) is 0 Å². The molecule has 0 fully saturated rings. The molecule has 1 heterocycles. The van der Waals surface area contributed by atoms with E-state index in [1.807, 2.05) is 6.07 Å². The Kier molecular flexibility index (Phi) is 5.27. The van der Waals surface area contributed by atoms with Crippen molar-refractivity contribution in [1.82, 2.24) is 5.32 Å². The average Bonchev–Trinajstić information content (AvgIpc) is 2.66. The first-order valence-electron chi connectivity index (χ1n) is 5.49. The lowest BCUT2D eigenvalue weighted by Crippen LogP contribution is -2.17. The van der Waals surface area contributed by atoms with E-state index in [4.69, 9.17) is 11.6 Å². The second-order valence-corrected chi connectivity index (χ2v) is 7.50. The van der Waals surface area contributed by atoms with E-state index < -0.39 is 0 Å². The van der Waals surface area contributed by atoms with E-state index in [1.165, 1.54) is 10.4 Å². The summed E-state index contributed by atoms with van der Waals surface area (Å²) in [5.74, 6) is 0. The summed E-state index contributed by atoms with van der Waals surface area (Å²) in [4.78, 5) is 1.23. The first-order valence-corrected chi connectivity index (χ1v) is 8.27. The summed E-state index contributed by atoms with van der Waals surface area (Å²) in [6.07, 6.45) is 0. The molecule has 0 amide bonds. The van der Waals surface area contributed by atoms with Crippen LogP contribution in [0.2, 0.25) is 4.34 Å². The lowest BCUT2D eigenvalue weighted by Gasteiger charge is -2.13. The Hall–Kier alpha value is 0.130. The van der Waals surface area contributed by atoms with E-state index >= 15 is 0 Å². The highest BCUT2D eigenvalue weighted by molar-refractivity contribution is 9.10. The molecule has 0 radical (unpaired) electrons. The Bertz CT molecular complexity index is 522. The molecule has 0 aliphatic rings. The summed E-state index contributed by atoms with van der Waals surface area (Å²) in [6, 6.07) is 10.7. The molecule has 0 bridgehead atoms. The summed E-state index contributed by atoms with van der Waals surface area (Å²) >= 11 is 14.5. The molecular weight excluding hydrogens is 397 g/mol. The Morgan fingerprint density at radius 3 is 2.72 bits per heavy atom. The van der Waals surface area contributed by atoms with Crippen LogP contribution in [0.4, 0.5) is 0 Å². The number of nitrogens with one attached hydrogen (secondary N) is 1. The van der Waals surface area contributed by atoms with Crippen LogP contribution in [0, 0.1) is 0 Å². The average molecular weight is 410 g/mol. The highest BCUT2D eigenvalue weighted by Crippen LogP contribution is 2.32. The molecule has 1 atom stereocenters. The van der Waals surface area contributed by atoms with Gasteiger partial charge in [0.05, 0.1) is 0 Å². The molecule has 5 heteroatoms. The van der Waals surface area contributed by atoms with Crippen molar-refractivity contribution in [2.45, 2.75) is 19.5 Å². The maximum atomic E-state index is 6.02. The van der Waals surface area contributed by atoms with Gasteiger partial charge in [0.25, 0.3) is 0 Å². The minimum absolute atomic E-state index is 0.308. The van der Waals surface area contributed by atoms with Crippen LogP contribution in [0.15, 0.2) is 39.3 Å². The van der Waals surface area contributed by atoms with Crippen molar-refractivity contribution in [3.8, 4) is 0 Å². The Balaban J connectivity index is 1.98. The van der Waals surface area contributed by atoms with Crippen LogP contribution in [0.1, 0.15) is 23.4 Å². The molecule has 0 saturated carbocycles. The quantitative estimate of drug-likeness (QED) is 0.675. The normalized spacial score (nSPS) is 12.7. The molecule has 0 aliphatic carbocycles. The van der Waals surface area contributed by atoms with E-state index in [9.17, 15) is 0 Å². The molecule has 0 spiro atoms. The molecule has 1 nitrogen and oxygen atoms in total. The van der Waals surface area contributed by atoms with Crippen molar-refractivity contribution in [3.63, 3.8) is 0 Å². The molecule has 1 N–H and O–H groups in total. The second-order valence-electron chi connectivity index (χ2n) is 3.99. The molecule has 0 saturated heterocycles. The summed E-state index contributed by atoms with van der Waals surface area (Å²) in [6.45, 7) is 2.98. The zero-order valence-corrected chi connectivity index (χ0v) is 14.5. The van der Waals surface area contributed by atoms with Crippen molar-refractivity contribution < 1.29 is 0 Å². The third kappa shape index (κ3) is 3.81. The summed E-state index contributed by atoms with van der Waals surface area (Å²) < 4.78 is 2.89. The summed E-state index contributed by atoms with van der Waals surface area (Å²) in [5, 5.41) is 3.49. The van der Waals surface area contributed by atoms with Crippen LogP contribution < -0.4 is 5.32 Å². The van der Waals surface area contributed by atoms with Gasteiger partial charge in [-0.05, 0) is 46.6 Å². The van der Waals surface area contributed by atoms with E-state index in [-0.39, 0.29) is 0 Å². The number of thiophene rings is 1. The minimum atomic E-state index is 0.308. The van der Waals surface area contributed by atoms with Crippen molar-refractivity contribution in [2.24, 2.45) is 0 Å². The highest BCUT2D eigenvalue weighted by Gasteiger charge is 2.08. The zero-order chi connectivity index (χ0) is 13.1. The molecular formula is C13H12Br2ClNS. The van der Waals surface area contributed by atoms with Crippen LogP contribution in [0.25, 0.3) is 0 Å². The van der Waals surface area contributed by atoms with Crippen molar-refractivity contribution in [2.75, 3.05) is 0 Å². The SMILES string of the molecule is CC(NCc1cc(Br)c(Cl)s1)c1cccc(Br)c1. The maximum Gasteiger partial charge on any atom is 0.107 e. The molecule has 96 valence electrons. The fourth-order valence-electron chi connectivity index (χ4n) is 1.63. The molecule has 18 heavy (non-hydrogen) atoms. The summed E-state index contributed by atoms with van der Waals surface area (Å²) in [5.41, 5.74) is 1.27.